The molecule has 1 aromatic heterocycles. The van der Waals surface area contributed by atoms with Crippen molar-refractivity contribution in [1.82, 2.24) is 20.0 Å². The number of hydrogen-bond acceptors (Lipinski definition) is 7. The van der Waals surface area contributed by atoms with Crippen molar-refractivity contribution >= 4 is 16.5 Å². The van der Waals surface area contributed by atoms with Crippen molar-refractivity contribution in [3.05, 3.63) is 5.01 Å². The number of nitrogens with one attached hydrogen (secondary N) is 1. The Balaban J connectivity index is 2.35. The molecule has 0 spiro atoms. The third kappa shape index (κ3) is 5.40. The van der Waals surface area contributed by atoms with E-state index in [9.17, 15) is 0 Å². The van der Waals surface area contributed by atoms with Gasteiger partial charge in [-0.25, -0.2) is 5.84 Å². The second-order valence-electron chi connectivity index (χ2n) is 4.17. The molecule has 0 atom stereocenters. The zero-order chi connectivity index (χ0) is 12.7. The van der Waals surface area contributed by atoms with Crippen molar-refractivity contribution in [3.63, 3.8) is 0 Å². The molecule has 98 valence electrons. The molecule has 0 radical (unpaired) electrons. The summed E-state index contributed by atoms with van der Waals surface area (Å²) in [5, 5.41) is 9.69. The number of hydrogen-bond donors (Lipinski definition) is 2. The van der Waals surface area contributed by atoms with Gasteiger partial charge in [-0.05, 0) is 40.2 Å². The highest BCUT2D eigenvalue weighted by molar-refractivity contribution is 7.15. The van der Waals surface area contributed by atoms with E-state index >= 15 is 0 Å². The van der Waals surface area contributed by atoms with Gasteiger partial charge in [0.1, 0.15) is 5.01 Å². The minimum absolute atomic E-state index is 0.671. The standard InChI is InChI=1S/C10H22N6S/c1-4-16(7-5-6-15(2)3)8-9-13-14-10(12-11)17-9/h4-8,11H2,1-3H3,(H,12,14). The van der Waals surface area contributed by atoms with Gasteiger partial charge in [0.15, 0.2) is 0 Å². The zero-order valence-electron chi connectivity index (χ0n) is 10.8. The first kappa shape index (κ1) is 14.3. The molecule has 0 saturated heterocycles. The van der Waals surface area contributed by atoms with E-state index < -0.39 is 0 Å². The maximum atomic E-state index is 5.28. The molecule has 0 unspecified atom stereocenters. The Hall–Kier alpha value is -0.760. The molecule has 0 aliphatic rings. The molecule has 0 saturated carbocycles. The first-order chi connectivity index (χ1) is 8.15. The summed E-state index contributed by atoms with van der Waals surface area (Å²) in [5.41, 5.74) is 2.52. The number of rotatable bonds is 8. The molecule has 1 heterocycles. The van der Waals surface area contributed by atoms with Crippen LogP contribution in [0.3, 0.4) is 0 Å². The van der Waals surface area contributed by atoms with Crippen molar-refractivity contribution in [1.29, 1.82) is 0 Å². The third-order valence-corrected chi connectivity index (χ3v) is 3.32. The Morgan fingerprint density at radius 3 is 2.59 bits per heavy atom. The molecule has 6 nitrogen and oxygen atoms in total. The van der Waals surface area contributed by atoms with Crippen LogP contribution in [0.5, 0.6) is 0 Å². The Morgan fingerprint density at radius 1 is 1.29 bits per heavy atom. The molecule has 7 heteroatoms. The van der Waals surface area contributed by atoms with Gasteiger partial charge in [0.2, 0.25) is 5.13 Å². The van der Waals surface area contributed by atoms with E-state index in [2.05, 4.69) is 46.4 Å². The van der Waals surface area contributed by atoms with Crippen LogP contribution in [-0.2, 0) is 6.54 Å². The van der Waals surface area contributed by atoms with Crippen molar-refractivity contribution in [2.75, 3.05) is 39.2 Å². The second-order valence-corrected chi connectivity index (χ2v) is 5.23. The van der Waals surface area contributed by atoms with E-state index in [-0.39, 0.29) is 0 Å². The minimum atomic E-state index is 0.671. The van der Waals surface area contributed by atoms with Crippen LogP contribution in [0, 0.1) is 0 Å². The topological polar surface area (TPSA) is 70.3 Å². The van der Waals surface area contributed by atoms with Crippen LogP contribution in [0.1, 0.15) is 18.4 Å². The zero-order valence-corrected chi connectivity index (χ0v) is 11.6. The van der Waals surface area contributed by atoms with Gasteiger partial charge in [-0.15, -0.1) is 10.2 Å². The Bertz CT molecular complexity index is 313. The van der Waals surface area contributed by atoms with E-state index in [4.69, 9.17) is 5.84 Å². The number of anilines is 1. The molecule has 0 fully saturated rings. The van der Waals surface area contributed by atoms with Crippen LogP contribution in [0.2, 0.25) is 0 Å². The molecule has 1 rings (SSSR count). The van der Waals surface area contributed by atoms with Gasteiger partial charge in [-0.3, -0.25) is 10.3 Å². The second kappa shape index (κ2) is 7.54. The Kier molecular flexibility index (Phi) is 6.35. The van der Waals surface area contributed by atoms with E-state index in [1.165, 1.54) is 17.8 Å². The van der Waals surface area contributed by atoms with Gasteiger partial charge < -0.3 is 4.90 Å². The highest BCUT2D eigenvalue weighted by Crippen LogP contribution is 2.15. The van der Waals surface area contributed by atoms with Crippen LogP contribution in [0.25, 0.3) is 0 Å². The van der Waals surface area contributed by atoms with Crippen molar-refractivity contribution in [2.24, 2.45) is 5.84 Å². The molecular formula is C10H22N6S. The summed E-state index contributed by atoms with van der Waals surface area (Å²) >= 11 is 1.51. The summed E-state index contributed by atoms with van der Waals surface area (Å²) in [6.45, 7) is 6.24. The number of nitrogen functional groups attached to an aromatic ring is 1. The summed E-state index contributed by atoms with van der Waals surface area (Å²) in [5.74, 6) is 5.28. The Morgan fingerprint density at radius 2 is 2.06 bits per heavy atom. The molecule has 0 amide bonds. The first-order valence-corrected chi connectivity index (χ1v) is 6.63. The van der Waals surface area contributed by atoms with Crippen LogP contribution in [-0.4, -0.2) is 53.7 Å². The first-order valence-electron chi connectivity index (χ1n) is 5.81. The number of nitrogens with two attached hydrogens (primary N) is 1. The molecule has 0 aromatic carbocycles. The molecule has 1 aromatic rings. The highest BCUT2D eigenvalue weighted by Gasteiger charge is 2.08. The third-order valence-electron chi connectivity index (χ3n) is 2.48. The average molecular weight is 258 g/mol. The van der Waals surface area contributed by atoms with Gasteiger partial charge in [-0.2, -0.15) is 0 Å². The number of aromatic nitrogens is 2. The summed E-state index contributed by atoms with van der Waals surface area (Å²) in [6.07, 6.45) is 1.17. The van der Waals surface area contributed by atoms with E-state index in [0.717, 1.165) is 31.2 Å². The number of hydrazine groups is 1. The maximum Gasteiger partial charge on any atom is 0.219 e. The van der Waals surface area contributed by atoms with Crippen molar-refractivity contribution in [3.8, 4) is 0 Å². The van der Waals surface area contributed by atoms with E-state index in [1.807, 2.05) is 0 Å². The maximum absolute atomic E-state index is 5.28. The molecule has 0 bridgehead atoms. The molecule has 17 heavy (non-hydrogen) atoms. The monoisotopic (exact) mass is 258 g/mol. The van der Waals surface area contributed by atoms with Gasteiger partial charge in [0.25, 0.3) is 0 Å². The van der Waals surface area contributed by atoms with Crippen LogP contribution in [0.4, 0.5) is 5.13 Å². The average Bonchev–Trinajstić information content (AvgIpc) is 2.75. The molecular weight excluding hydrogens is 236 g/mol. The van der Waals surface area contributed by atoms with E-state index in [0.29, 0.717) is 5.13 Å². The smallest absolute Gasteiger partial charge is 0.219 e. The van der Waals surface area contributed by atoms with Gasteiger partial charge in [-0.1, -0.05) is 18.3 Å². The fourth-order valence-electron chi connectivity index (χ4n) is 1.53. The SMILES string of the molecule is CCN(CCCN(C)C)Cc1nnc(NN)s1. The van der Waals surface area contributed by atoms with Crippen LogP contribution in [0.15, 0.2) is 0 Å². The minimum Gasteiger partial charge on any atom is -0.309 e. The lowest BCUT2D eigenvalue weighted by atomic mass is 10.3. The summed E-state index contributed by atoms with van der Waals surface area (Å²) in [4.78, 5) is 4.57. The summed E-state index contributed by atoms with van der Waals surface area (Å²) in [7, 11) is 4.19. The lowest BCUT2D eigenvalue weighted by molar-refractivity contribution is 0.258. The van der Waals surface area contributed by atoms with Crippen molar-refractivity contribution in [2.45, 2.75) is 19.9 Å². The summed E-state index contributed by atoms with van der Waals surface area (Å²) < 4.78 is 0. The quantitative estimate of drug-likeness (QED) is 0.525. The predicted molar refractivity (Wildman–Crippen MR) is 71.8 cm³/mol. The van der Waals surface area contributed by atoms with Gasteiger partial charge in [0.05, 0.1) is 6.54 Å². The van der Waals surface area contributed by atoms with Crippen LogP contribution < -0.4 is 11.3 Å². The lowest BCUT2D eigenvalue weighted by Crippen LogP contribution is -2.26. The molecule has 0 aliphatic carbocycles. The largest absolute Gasteiger partial charge is 0.309 e. The van der Waals surface area contributed by atoms with Gasteiger partial charge >= 0.3 is 0 Å². The lowest BCUT2D eigenvalue weighted by Gasteiger charge is -2.19. The predicted octanol–water partition coefficient (Wildman–Crippen LogP) is 0.597. The van der Waals surface area contributed by atoms with Crippen molar-refractivity contribution < 1.29 is 0 Å². The molecule has 3 N–H and O–H groups in total. The Labute approximate surface area is 107 Å². The van der Waals surface area contributed by atoms with Crippen LogP contribution >= 0.6 is 11.3 Å². The fraction of sp³-hybridized carbons (Fsp3) is 0.800. The fourth-order valence-corrected chi connectivity index (χ4v) is 2.22. The molecule has 0 aliphatic heterocycles. The van der Waals surface area contributed by atoms with Gasteiger partial charge in [0, 0.05) is 0 Å². The normalized spacial score (nSPS) is 11.4. The van der Waals surface area contributed by atoms with E-state index in [1.54, 1.807) is 0 Å². The summed E-state index contributed by atoms with van der Waals surface area (Å²) in [6, 6.07) is 0. The highest BCUT2D eigenvalue weighted by atomic mass is 32.1. The number of nitrogens with zero attached hydrogens (tertiary/aromatic N) is 4.